The van der Waals surface area contributed by atoms with Crippen molar-refractivity contribution in [2.75, 3.05) is 19.6 Å². The van der Waals surface area contributed by atoms with E-state index in [-0.39, 0.29) is 23.5 Å². The molecule has 0 radical (unpaired) electrons. The molecule has 0 aromatic heterocycles. The highest BCUT2D eigenvalue weighted by Crippen LogP contribution is 2.38. The van der Waals surface area contributed by atoms with Crippen LogP contribution >= 0.6 is 0 Å². The maximum atomic E-state index is 12.7. The van der Waals surface area contributed by atoms with Crippen molar-refractivity contribution >= 4 is 0 Å². The second-order valence-corrected chi connectivity index (χ2v) is 7.90. The van der Waals surface area contributed by atoms with Crippen LogP contribution in [0, 0.1) is 5.41 Å². The fraction of sp³-hybridized carbons (Fsp3) is 1.00. The highest BCUT2D eigenvalue weighted by atomic mass is 19.4. The van der Waals surface area contributed by atoms with Crippen LogP contribution in [0.2, 0.25) is 0 Å². The number of halogens is 3. The standard InChI is InChI=1S/C16H29F3N2/c1-14(2,3)13-11-21(10-9-16(17,18)19)15(12-20-13)7-5-4-6-8-15/h13,20H,4-12H2,1-3H3. The molecule has 2 aliphatic rings. The van der Waals surface area contributed by atoms with Gasteiger partial charge in [-0.2, -0.15) is 13.2 Å². The molecule has 0 amide bonds. The number of alkyl halides is 3. The Balaban J connectivity index is 2.09. The zero-order valence-corrected chi connectivity index (χ0v) is 13.5. The maximum Gasteiger partial charge on any atom is 0.390 e. The molecule has 1 saturated carbocycles. The molecule has 2 nitrogen and oxygen atoms in total. The lowest BCUT2D eigenvalue weighted by molar-refractivity contribution is -0.145. The number of hydrogen-bond acceptors (Lipinski definition) is 2. The summed E-state index contributed by atoms with van der Waals surface area (Å²) in [4.78, 5) is 2.16. The second kappa shape index (κ2) is 6.07. The van der Waals surface area contributed by atoms with E-state index in [4.69, 9.17) is 0 Å². The van der Waals surface area contributed by atoms with E-state index >= 15 is 0 Å². The Hall–Kier alpha value is -0.290. The Labute approximate surface area is 126 Å². The number of nitrogens with one attached hydrogen (secondary N) is 1. The minimum atomic E-state index is -4.06. The minimum Gasteiger partial charge on any atom is -0.310 e. The van der Waals surface area contributed by atoms with Gasteiger partial charge in [0, 0.05) is 31.2 Å². The zero-order chi connectivity index (χ0) is 15.7. The van der Waals surface area contributed by atoms with Crippen molar-refractivity contribution in [2.45, 2.75) is 77.1 Å². The third-order valence-electron chi connectivity index (χ3n) is 5.25. The summed E-state index contributed by atoms with van der Waals surface area (Å²) in [5.74, 6) is 0. The topological polar surface area (TPSA) is 15.3 Å². The molecule has 0 bridgehead atoms. The number of piperazine rings is 1. The lowest BCUT2D eigenvalue weighted by Crippen LogP contribution is -2.67. The molecule has 1 spiro atoms. The number of rotatable bonds is 2. The molecule has 1 unspecified atom stereocenters. The molecular weight excluding hydrogens is 277 g/mol. The average Bonchev–Trinajstić information content (AvgIpc) is 2.36. The van der Waals surface area contributed by atoms with Crippen molar-refractivity contribution in [3.63, 3.8) is 0 Å². The molecule has 1 aliphatic carbocycles. The first kappa shape index (κ1) is 17.1. The molecule has 5 heteroatoms. The SMILES string of the molecule is CC(C)(C)C1CN(CCC(F)(F)F)C2(CCCCC2)CN1. The largest absolute Gasteiger partial charge is 0.390 e. The summed E-state index contributed by atoms with van der Waals surface area (Å²) in [7, 11) is 0. The van der Waals surface area contributed by atoms with Crippen LogP contribution in [0.4, 0.5) is 13.2 Å². The Bertz CT molecular complexity index is 340. The molecule has 0 aromatic carbocycles. The first-order valence-corrected chi connectivity index (χ1v) is 8.18. The molecule has 2 fully saturated rings. The van der Waals surface area contributed by atoms with Crippen LogP contribution in [0.1, 0.15) is 59.3 Å². The van der Waals surface area contributed by atoms with Gasteiger partial charge in [0.25, 0.3) is 0 Å². The van der Waals surface area contributed by atoms with E-state index in [0.717, 1.165) is 38.8 Å². The summed E-state index contributed by atoms with van der Waals surface area (Å²) in [5, 5.41) is 3.62. The van der Waals surface area contributed by atoms with Crippen LogP contribution in [-0.2, 0) is 0 Å². The molecule has 1 N–H and O–H groups in total. The van der Waals surface area contributed by atoms with Crippen LogP contribution in [0.5, 0.6) is 0 Å². The minimum absolute atomic E-state index is 0.0365. The van der Waals surface area contributed by atoms with Gasteiger partial charge in [-0.05, 0) is 18.3 Å². The molecule has 124 valence electrons. The third kappa shape index (κ3) is 4.35. The summed E-state index contributed by atoms with van der Waals surface area (Å²) in [5.41, 5.74) is 0.0397. The van der Waals surface area contributed by atoms with E-state index in [1.165, 1.54) is 6.42 Å². The van der Waals surface area contributed by atoms with Gasteiger partial charge in [0.2, 0.25) is 0 Å². The fourth-order valence-corrected chi connectivity index (χ4v) is 3.78. The molecule has 1 heterocycles. The van der Waals surface area contributed by atoms with Crippen LogP contribution < -0.4 is 5.32 Å². The molecular formula is C16H29F3N2. The summed E-state index contributed by atoms with van der Waals surface area (Å²) in [6, 6.07) is 0.262. The quantitative estimate of drug-likeness (QED) is 0.830. The van der Waals surface area contributed by atoms with E-state index in [1.807, 2.05) is 0 Å². The summed E-state index contributed by atoms with van der Waals surface area (Å²) in [6.07, 6.45) is 0.833. The highest BCUT2D eigenvalue weighted by Gasteiger charge is 2.45. The highest BCUT2D eigenvalue weighted by molar-refractivity contribution is 5.02. The molecule has 1 aliphatic heterocycles. The van der Waals surface area contributed by atoms with E-state index in [1.54, 1.807) is 0 Å². The van der Waals surface area contributed by atoms with Gasteiger partial charge in [-0.15, -0.1) is 0 Å². The van der Waals surface area contributed by atoms with Crippen LogP contribution in [0.3, 0.4) is 0 Å². The van der Waals surface area contributed by atoms with Crippen molar-refractivity contribution in [2.24, 2.45) is 5.41 Å². The van der Waals surface area contributed by atoms with E-state index in [0.29, 0.717) is 0 Å². The van der Waals surface area contributed by atoms with Gasteiger partial charge in [-0.25, -0.2) is 0 Å². The van der Waals surface area contributed by atoms with E-state index in [2.05, 4.69) is 31.0 Å². The van der Waals surface area contributed by atoms with Gasteiger partial charge in [0.05, 0.1) is 6.42 Å². The number of hydrogen-bond donors (Lipinski definition) is 1. The average molecular weight is 306 g/mol. The van der Waals surface area contributed by atoms with Crippen LogP contribution in [0.15, 0.2) is 0 Å². The van der Waals surface area contributed by atoms with Gasteiger partial charge in [0.15, 0.2) is 0 Å². The molecule has 21 heavy (non-hydrogen) atoms. The van der Waals surface area contributed by atoms with Crippen molar-refractivity contribution in [3.8, 4) is 0 Å². The van der Waals surface area contributed by atoms with Gasteiger partial charge in [-0.1, -0.05) is 40.0 Å². The van der Waals surface area contributed by atoms with Gasteiger partial charge in [-0.3, -0.25) is 4.90 Å². The smallest absolute Gasteiger partial charge is 0.310 e. The second-order valence-electron chi connectivity index (χ2n) is 7.90. The lowest BCUT2D eigenvalue weighted by atomic mass is 9.75. The van der Waals surface area contributed by atoms with Crippen LogP contribution in [-0.4, -0.2) is 42.3 Å². The maximum absolute atomic E-state index is 12.7. The van der Waals surface area contributed by atoms with Crippen molar-refractivity contribution in [1.29, 1.82) is 0 Å². The lowest BCUT2D eigenvalue weighted by Gasteiger charge is -2.54. The van der Waals surface area contributed by atoms with Crippen molar-refractivity contribution in [1.82, 2.24) is 10.2 Å². The predicted octanol–water partition coefficient (Wildman–Crippen LogP) is 3.96. The van der Waals surface area contributed by atoms with E-state index < -0.39 is 12.6 Å². The monoisotopic (exact) mass is 306 g/mol. The normalized spacial score (nSPS) is 28.0. The van der Waals surface area contributed by atoms with E-state index in [9.17, 15) is 13.2 Å². The van der Waals surface area contributed by atoms with Gasteiger partial charge in [0.1, 0.15) is 0 Å². The fourth-order valence-electron chi connectivity index (χ4n) is 3.78. The van der Waals surface area contributed by atoms with Crippen molar-refractivity contribution < 1.29 is 13.2 Å². The predicted molar refractivity (Wildman–Crippen MR) is 79.3 cm³/mol. The Morgan fingerprint density at radius 3 is 2.24 bits per heavy atom. The Morgan fingerprint density at radius 1 is 1.10 bits per heavy atom. The Kier molecular flexibility index (Phi) is 4.94. The zero-order valence-electron chi connectivity index (χ0n) is 13.5. The first-order chi connectivity index (χ1) is 9.62. The van der Waals surface area contributed by atoms with Gasteiger partial charge >= 0.3 is 6.18 Å². The number of nitrogens with zero attached hydrogens (tertiary/aromatic N) is 1. The van der Waals surface area contributed by atoms with Crippen molar-refractivity contribution in [3.05, 3.63) is 0 Å². The first-order valence-electron chi connectivity index (χ1n) is 8.18. The van der Waals surface area contributed by atoms with Gasteiger partial charge < -0.3 is 5.32 Å². The molecule has 0 aromatic rings. The molecule has 1 saturated heterocycles. The molecule has 1 atom stereocenters. The summed E-state index contributed by atoms with van der Waals surface area (Å²) >= 11 is 0. The Morgan fingerprint density at radius 2 is 1.71 bits per heavy atom. The molecule has 2 rings (SSSR count). The third-order valence-corrected chi connectivity index (χ3v) is 5.25. The summed E-state index contributed by atoms with van der Waals surface area (Å²) in [6.45, 7) is 8.20. The van der Waals surface area contributed by atoms with Crippen LogP contribution in [0.25, 0.3) is 0 Å². The summed E-state index contributed by atoms with van der Waals surface area (Å²) < 4.78 is 38.0.